The van der Waals surface area contributed by atoms with E-state index in [9.17, 15) is 22.4 Å². The van der Waals surface area contributed by atoms with Gasteiger partial charge in [0, 0.05) is 12.0 Å². The van der Waals surface area contributed by atoms with Crippen molar-refractivity contribution in [2.75, 3.05) is 5.32 Å². The second-order valence-electron chi connectivity index (χ2n) is 7.60. The summed E-state index contributed by atoms with van der Waals surface area (Å²) in [5.41, 5.74) is -0.0216. The first-order chi connectivity index (χ1) is 12.5. The van der Waals surface area contributed by atoms with Crippen LogP contribution in [0.3, 0.4) is 0 Å². The van der Waals surface area contributed by atoms with Crippen LogP contribution < -0.4 is 10.6 Å². The summed E-state index contributed by atoms with van der Waals surface area (Å²) in [5, 5.41) is 9.50. The summed E-state index contributed by atoms with van der Waals surface area (Å²) >= 11 is 0. The number of benzene rings is 1. The Morgan fingerprint density at radius 2 is 1.85 bits per heavy atom. The number of aromatic nitrogens is 2. The van der Waals surface area contributed by atoms with E-state index in [-0.39, 0.29) is 17.8 Å². The van der Waals surface area contributed by atoms with Gasteiger partial charge in [0.25, 0.3) is 5.91 Å². The number of anilines is 1. The van der Waals surface area contributed by atoms with Gasteiger partial charge in [-0.25, -0.2) is 9.07 Å². The van der Waals surface area contributed by atoms with Gasteiger partial charge in [-0.15, -0.1) is 0 Å². The summed E-state index contributed by atoms with van der Waals surface area (Å²) in [6.07, 6.45) is -3.72. The Morgan fingerprint density at radius 1 is 1.22 bits per heavy atom. The first kappa shape index (κ1) is 19.2. The summed E-state index contributed by atoms with van der Waals surface area (Å²) < 4.78 is 54.8. The lowest BCUT2D eigenvalue weighted by Crippen LogP contribution is -2.41. The number of rotatable bonds is 2. The van der Waals surface area contributed by atoms with E-state index in [1.807, 2.05) is 0 Å². The van der Waals surface area contributed by atoms with Gasteiger partial charge >= 0.3 is 6.18 Å². The zero-order chi connectivity index (χ0) is 20.0. The molecule has 1 aromatic carbocycles. The Hall–Kier alpha value is -2.58. The average molecular weight is 384 g/mol. The first-order valence-corrected chi connectivity index (χ1v) is 8.44. The zero-order valence-electron chi connectivity index (χ0n) is 15.1. The third-order valence-electron chi connectivity index (χ3n) is 4.24. The molecule has 1 aliphatic rings. The first-order valence-electron chi connectivity index (χ1n) is 8.44. The molecule has 3 rings (SSSR count). The molecule has 1 aromatic heterocycles. The summed E-state index contributed by atoms with van der Waals surface area (Å²) in [7, 11) is 0. The summed E-state index contributed by atoms with van der Waals surface area (Å²) in [6, 6.07) is 2.63. The highest BCUT2D eigenvalue weighted by molar-refractivity contribution is 5.99. The van der Waals surface area contributed by atoms with Crippen LogP contribution in [0.5, 0.6) is 0 Å². The van der Waals surface area contributed by atoms with E-state index in [0.717, 1.165) is 10.9 Å². The molecule has 2 aromatic rings. The van der Waals surface area contributed by atoms with Crippen LogP contribution in [0.1, 0.15) is 55.2 Å². The minimum atomic E-state index is -4.54. The third kappa shape index (κ3) is 4.06. The van der Waals surface area contributed by atoms with Crippen molar-refractivity contribution in [1.29, 1.82) is 0 Å². The van der Waals surface area contributed by atoms with Gasteiger partial charge in [-0.05, 0) is 38.5 Å². The number of halogens is 4. The Labute approximate surface area is 153 Å². The van der Waals surface area contributed by atoms with Crippen molar-refractivity contribution >= 4 is 11.7 Å². The molecule has 0 spiro atoms. The quantitative estimate of drug-likeness (QED) is 0.763. The Bertz CT molecular complexity index is 837. The van der Waals surface area contributed by atoms with Gasteiger partial charge in [-0.1, -0.05) is 12.1 Å². The predicted molar refractivity (Wildman–Crippen MR) is 91.9 cm³/mol. The maximum atomic E-state index is 13.6. The molecular formula is C18H20F4N4O. The summed E-state index contributed by atoms with van der Waals surface area (Å²) in [5.74, 6) is -0.992. The standard InChI is InChI=1S/C18H20F4N4O/c1-17(2,3)25-16(27)12-9-23-26-14(18(20,21)22)8-13(24-15(12)26)10-4-6-11(19)7-5-10/h4-7,9,13-14,24H,8H2,1-3H3,(H,25,27)/t13-,14+/m1/s1. The maximum absolute atomic E-state index is 13.6. The lowest BCUT2D eigenvalue weighted by atomic mass is 9.96. The number of carbonyl (C=O) groups excluding carboxylic acids is 1. The minimum Gasteiger partial charge on any atom is -0.363 e. The molecule has 0 radical (unpaired) electrons. The molecule has 0 fully saturated rings. The molecule has 9 heteroatoms. The van der Waals surface area contributed by atoms with Crippen molar-refractivity contribution in [1.82, 2.24) is 15.1 Å². The lowest BCUT2D eigenvalue weighted by Gasteiger charge is -2.34. The number of alkyl halides is 3. The van der Waals surface area contributed by atoms with Gasteiger partial charge in [0.2, 0.25) is 0 Å². The molecule has 2 N–H and O–H groups in total. The number of nitrogens with one attached hydrogen (secondary N) is 2. The van der Waals surface area contributed by atoms with Crippen LogP contribution >= 0.6 is 0 Å². The fourth-order valence-corrected chi connectivity index (χ4v) is 3.05. The Kier molecular flexibility index (Phi) is 4.65. The normalized spacial score (nSPS) is 20.0. The van der Waals surface area contributed by atoms with Crippen molar-refractivity contribution in [2.24, 2.45) is 0 Å². The summed E-state index contributed by atoms with van der Waals surface area (Å²) in [6.45, 7) is 5.32. The molecule has 0 saturated heterocycles. The Balaban J connectivity index is 2.01. The summed E-state index contributed by atoms with van der Waals surface area (Å²) in [4.78, 5) is 12.5. The van der Waals surface area contributed by atoms with Crippen LogP contribution in [0.2, 0.25) is 0 Å². The van der Waals surface area contributed by atoms with Crippen molar-refractivity contribution < 1.29 is 22.4 Å². The molecule has 0 aliphatic carbocycles. The number of carbonyl (C=O) groups is 1. The van der Waals surface area contributed by atoms with E-state index >= 15 is 0 Å². The van der Waals surface area contributed by atoms with Gasteiger partial charge in [-0.2, -0.15) is 18.3 Å². The second kappa shape index (κ2) is 6.54. The molecule has 27 heavy (non-hydrogen) atoms. The molecule has 0 bridgehead atoms. The van der Waals surface area contributed by atoms with E-state index in [1.165, 1.54) is 24.3 Å². The molecule has 1 aliphatic heterocycles. The fourth-order valence-electron chi connectivity index (χ4n) is 3.05. The van der Waals surface area contributed by atoms with Crippen molar-refractivity contribution in [3.63, 3.8) is 0 Å². The van der Waals surface area contributed by atoms with Gasteiger partial charge in [-0.3, -0.25) is 4.79 Å². The monoisotopic (exact) mass is 384 g/mol. The highest BCUT2D eigenvalue weighted by Gasteiger charge is 2.47. The molecule has 0 saturated carbocycles. The lowest BCUT2D eigenvalue weighted by molar-refractivity contribution is -0.173. The number of hydrogen-bond acceptors (Lipinski definition) is 3. The van der Waals surface area contributed by atoms with Crippen LogP contribution in [0.25, 0.3) is 0 Å². The largest absolute Gasteiger partial charge is 0.410 e. The van der Waals surface area contributed by atoms with E-state index < -0.39 is 35.5 Å². The SMILES string of the molecule is CC(C)(C)NC(=O)c1cnn2c1N[C@@H](c1ccc(F)cc1)C[C@H]2C(F)(F)F. The average Bonchev–Trinajstić information content (AvgIpc) is 2.96. The molecule has 2 heterocycles. The topological polar surface area (TPSA) is 59.0 Å². The fraction of sp³-hybridized carbons (Fsp3) is 0.444. The molecule has 5 nitrogen and oxygen atoms in total. The van der Waals surface area contributed by atoms with E-state index in [4.69, 9.17) is 0 Å². The van der Waals surface area contributed by atoms with Crippen molar-refractivity contribution in [3.05, 3.63) is 47.4 Å². The molecule has 0 unspecified atom stereocenters. The van der Waals surface area contributed by atoms with Crippen LogP contribution in [0.15, 0.2) is 30.5 Å². The van der Waals surface area contributed by atoms with Crippen LogP contribution in [-0.2, 0) is 0 Å². The minimum absolute atomic E-state index is 0.000324. The number of amides is 1. The number of hydrogen-bond donors (Lipinski definition) is 2. The van der Waals surface area contributed by atoms with Gasteiger partial charge in [0.15, 0.2) is 6.04 Å². The Morgan fingerprint density at radius 3 is 2.41 bits per heavy atom. The second-order valence-corrected chi connectivity index (χ2v) is 7.60. The highest BCUT2D eigenvalue weighted by Crippen LogP contribution is 2.44. The molecular weight excluding hydrogens is 364 g/mol. The number of nitrogens with zero attached hydrogens (tertiary/aromatic N) is 2. The van der Waals surface area contributed by atoms with E-state index in [2.05, 4.69) is 15.7 Å². The van der Waals surface area contributed by atoms with Crippen molar-refractivity contribution in [3.8, 4) is 0 Å². The van der Waals surface area contributed by atoms with E-state index in [1.54, 1.807) is 20.8 Å². The third-order valence-corrected chi connectivity index (χ3v) is 4.24. The van der Waals surface area contributed by atoms with Gasteiger partial charge in [0.05, 0.1) is 12.2 Å². The number of fused-ring (bicyclic) bond motifs is 1. The van der Waals surface area contributed by atoms with Crippen LogP contribution in [-0.4, -0.2) is 27.4 Å². The zero-order valence-corrected chi connectivity index (χ0v) is 15.1. The predicted octanol–water partition coefficient (Wildman–Crippen LogP) is 4.21. The molecule has 2 atom stereocenters. The molecule has 1 amide bonds. The van der Waals surface area contributed by atoms with Gasteiger partial charge in [0.1, 0.15) is 17.2 Å². The van der Waals surface area contributed by atoms with E-state index in [0.29, 0.717) is 5.56 Å². The maximum Gasteiger partial charge on any atom is 0.410 e. The van der Waals surface area contributed by atoms with Crippen LogP contribution in [0.4, 0.5) is 23.4 Å². The smallest absolute Gasteiger partial charge is 0.363 e. The molecule has 146 valence electrons. The van der Waals surface area contributed by atoms with Gasteiger partial charge < -0.3 is 10.6 Å². The van der Waals surface area contributed by atoms with Crippen molar-refractivity contribution in [2.45, 2.75) is 51.0 Å². The van der Waals surface area contributed by atoms with Crippen LogP contribution in [0, 0.1) is 5.82 Å². The highest BCUT2D eigenvalue weighted by atomic mass is 19.4.